The number of nitrogens with zero attached hydrogens (tertiary/aromatic N) is 1. The SMILES string of the molecule is C[C@@H](C(=O)NC(C)(C)C)N(Cc1ccccc1)C(=O)CSCc1c(F)cccc1Cl. The van der Waals surface area contributed by atoms with Gasteiger partial charge in [-0.15, -0.1) is 11.8 Å². The van der Waals surface area contributed by atoms with E-state index < -0.39 is 11.6 Å². The summed E-state index contributed by atoms with van der Waals surface area (Å²) >= 11 is 7.34. The Kier molecular flexibility index (Phi) is 8.74. The van der Waals surface area contributed by atoms with Gasteiger partial charge in [0.1, 0.15) is 11.9 Å². The Balaban J connectivity index is 2.10. The Morgan fingerprint density at radius 2 is 1.80 bits per heavy atom. The first-order chi connectivity index (χ1) is 14.1. The highest BCUT2D eigenvalue weighted by Gasteiger charge is 2.28. The molecule has 2 aromatic rings. The molecule has 2 amide bonds. The maximum absolute atomic E-state index is 14.0. The lowest BCUT2D eigenvalue weighted by atomic mass is 10.1. The fraction of sp³-hybridized carbons (Fsp3) is 0.391. The minimum Gasteiger partial charge on any atom is -0.350 e. The molecule has 0 aromatic heterocycles. The number of halogens is 2. The van der Waals surface area contributed by atoms with Gasteiger partial charge in [-0.1, -0.05) is 48.0 Å². The van der Waals surface area contributed by atoms with Crippen LogP contribution in [0.4, 0.5) is 4.39 Å². The molecule has 0 unspecified atom stereocenters. The predicted octanol–water partition coefficient (Wildman–Crippen LogP) is 5.04. The summed E-state index contributed by atoms with van der Waals surface area (Å²) in [7, 11) is 0. The van der Waals surface area contributed by atoms with Crippen LogP contribution in [0.1, 0.15) is 38.8 Å². The van der Waals surface area contributed by atoms with Crippen LogP contribution in [0.3, 0.4) is 0 Å². The topological polar surface area (TPSA) is 49.4 Å². The van der Waals surface area contributed by atoms with E-state index in [1.54, 1.807) is 24.0 Å². The van der Waals surface area contributed by atoms with Crippen molar-refractivity contribution in [1.29, 1.82) is 0 Å². The van der Waals surface area contributed by atoms with Gasteiger partial charge in [-0.05, 0) is 45.4 Å². The predicted molar refractivity (Wildman–Crippen MR) is 122 cm³/mol. The molecule has 1 atom stereocenters. The molecule has 0 spiro atoms. The second kappa shape index (κ2) is 10.8. The molecular weight excluding hydrogens is 423 g/mol. The van der Waals surface area contributed by atoms with Gasteiger partial charge in [-0.2, -0.15) is 0 Å². The fourth-order valence-corrected chi connectivity index (χ4v) is 4.08. The molecule has 2 rings (SSSR count). The number of benzene rings is 2. The molecule has 1 N–H and O–H groups in total. The molecule has 0 heterocycles. The zero-order chi connectivity index (χ0) is 22.3. The summed E-state index contributed by atoms with van der Waals surface area (Å²) in [6.07, 6.45) is 0. The largest absolute Gasteiger partial charge is 0.350 e. The first kappa shape index (κ1) is 24.2. The normalized spacial score (nSPS) is 12.3. The average molecular weight is 451 g/mol. The second-order valence-electron chi connectivity index (χ2n) is 8.12. The minimum atomic E-state index is -0.644. The van der Waals surface area contributed by atoms with Crippen LogP contribution in [0.5, 0.6) is 0 Å². The Labute approximate surface area is 187 Å². The van der Waals surface area contributed by atoms with Gasteiger partial charge in [-0.3, -0.25) is 9.59 Å². The number of nitrogens with one attached hydrogen (secondary N) is 1. The third kappa shape index (κ3) is 7.33. The van der Waals surface area contributed by atoms with Crippen molar-refractivity contribution < 1.29 is 14.0 Å². The Morgan fingerprint density at radius 1 is 1.13 bits per heavy atom. The number of thioether (sulfide) groups is 1. The number of amides is 2. The van der Waals surface area contributed by atoms with Crippen LogP contribution < -0.4 is 5.32 Å². The molecule has 4 nitrogen and oxygen atoms in total. The van der Waals surface area contributed by atoms with Crippen molar-refractivity contribution in [1.82, 2.24) is 10.2 Å². The molecule has 162 valence electrons. The molecule has 0 aliphatic heterocycles. The molecule has 0 saturated heterocycles. The maximum Gasteiger partial charge on any atom is 0.242 e. The van der Waals surface area contributed by atoms with Gasteiger partial charge in [0.25, 0.3) is 0 Å². The summed E-state index contributed by atoms with van der Waals surface area (Å²) < 4.78 is 14.0. The number of carbonyl (C=O) groups excluding carboxylic acids is 2. The van der Waals surface area contributed by atoms with E-state index in [4.69, 9.17) is 11.6 Å². The quantitative estimate of drug-likeness (QED) is 0.612. The summed E-state index contributed by atoms with van der Waals surface area (Å²) in [6.45, 7) is 7.73. The molecule has 0 saturated carbocycles. The van der Waals surface area contributed by atoms with Crippen LogP contribution in [-0.2, 0) is 21.9 Å². The van der Waals surface area contributed by atoms with E-state index in [1.807, 2.05) is 51.1 Å². The first-order valence-corrected chi connectivity index (χ1v) is 11.3. The number of hydrogen-bond donors (Lipinski definition) is 1. The second-order valence-corrected chi connectivity index (χ2v) is 9.51. The van der Waals surface area contributed by atoms with Crippen LogP contribution in [-0.4, -0.2) is 34.0 Å². The number of hydrogen-bond acceptors (Lipinski definition) is 3. The highest BCUT2D eigenvalue weighted by Crippen LogP contribution is 2.24. The number of rotatable bonds is 8. The van der Waals surface area contributed by atoms with E-state index in [2.05, 4.69) is 5.32 Å². The van der Waals surface area contributed by atoms with Crippen molar-refractivity contribution in [2.45, 2.75) is 51.6 Å². The van der Waals surface area contributed by atoms with Crippen molar-refractivity contribution >= 4 is 35.2 Å². The summed E-state index contributed by atoms with van der Waals surface area (Å²) in [5, 5.41) is 3.27. The van der Waals surface area contributed by atoms with Crippen LogP contribution in [0, 0.1) is 5.82 Å². The van der Waals surface area contributed by atoms with Crippen LogP contribution in [0.15, 0.2) is 48.5 Å². The van der Waals surface area contributed by atoms with Crippen molar-refractivity contribution in [3.05, 3.63) is 70.5 Å². The molecule has 2 aromatic carbocycles. The summed E-state index contributed by atoms with van der Waals surface area (Å²) in [4.78, 5) is 27.3. The van der Waals surface area contributed by atoms with Crippen molar-refractivity contribution in [3.8, 4) is 0 Å². The zero-order valence-corrected chi connectivity index (χ0v) is 19.3. The van der Waals surface area contributed by atoms with E-state index in [0.29, 0.717) is 17.1 Å². The van der Waals surface area contributed by atoms with Gasteiger partial charge in [0.05, 0.1) is 5.75 Å². The zero-order valence-electron chi connectivity index (χ0n) is 17.7. The molecule has 0 radical (unpaired) electrons. The van der Waals surface area contributed by atoms with E-state index in [1.165, 1.54) is 17.8 Å². The molecule has 0 bridgehead atoms. The molecule has 0 aliphatic rings. The highest BCUT2D eigenvalue weighted by atomic mass is 35.5. The fourth-order valence-electron chi connectivity index (χ4n) is 2.83. The van der Waals surface area contributed by atoms with Crippen molar-refractivity contribution in [3.63, 3.8) is 0 Å². The monoisotopic (exact) mass is 450 g/mol. The van der Waals surface area contributed by atoms with Gasteiger partial charge >= 0.3 is 0 Å². The van der Waals surface area contributed by atoms with Gasteiger partial charge in [-0.25, -0.2) is 4.39 Å². The van der Waals surface area contributed by atoms with Gasteiger partial charge in [0, 0.05) is 28.4 Å². The van der Waals surface area contributed by atoms with E-state index in [0.717, 1.165) is 5.56 Å². The van der Waals surface area contributed by atoms with Crippen LogP contribution in [0.25, 0.3) is 0 Å². The standard InChI is InChI=1S/C23H28ClFN2O2S/c1-16(22(29)26-23(2,3)4)27(13-17-9-6-5-7-10-17)21(28)15-30-14-18-19(24)11-8-12-20(18)25/h5-12,16H,13-15H2,1-4H3,(H,26,29)/t16-/m0/s1. The van der Waals surface area contributed by atoms with Gasteiger partial charge in [0.15, 0.2) is 0 Å². The number of carbonyl (C=O) groups is 2. The molecular formula is C23H28ClFN2O2S. The van der Waals surface area contributed by atoms with Gasteiger partial charge in [0.2, 0.25) is 11.8 Å². The third-order valence-electron chi connectivity index (χ3n) is 4.39. The Bertz CT molecular complexity index is 851. The minimum absolute atomic E-state index is 0.116. The van der Waals surface area contributed by atoms with Crippen molar-refractivity contribution in [2.24, 2.45) is 0 Å². The Hall–Kier alpha value is -2.05. The molecule has 0 aliphatic carbocycles. The summed E-state index contributed by atoms with van der Waals surface area (Å²) in [5.41, 5.74) is 0.914. The molecule has 7 heteroatoms. The van der Waals surface area contributed by atoms with Crippen molar-refractivity contribution in [2.75, 3.05) is 5.75 Å². The third-order valence-corrected chi connectivity index (χ3v) is 5.69. The molecule has 0 fully saturated rings. The van der Waals surface area contributed by atoms with E-state index >= 15 is 0 Å². The lowest BCUT2D eigenvalue weighted by Crippen LogP contribution is -2.52. The Morgan fingerprint density at radius 3 is 2.40 bits per heavy atom. The van der Waals surface area contributed by atoms with E-state index in [-0.39, 0.29) is 29.1 Å². The van der Waals surface area contributed by atoms with E-state index in [9.17, 15) is 14.0 Å². The lowest BCUT2D eigenvalue weighted by molar-refractivity contribution is -0.139. The average Bonchev–Trinajstić information content (AvgIpc) is 2.67. The highest BCUT2D eigenvalue weighted by molar-refractivity contribution is 7.99. The maximum atomic E-state index is 14.0. The summed E-state index contributed by atoms with van der Waals surface area (Å²) in [6, 6.07) is 13.4. The van der Waals surface area contributed by atoms with Crippen LogP contribution in [0.2, 0.25) is 5.02 Å². The molecule has 30 heavy (non-hydrogen) atoms. The first-order valence-electron chi connectivity index (χ1n) is 9.74. The lowest BCUT2D eigenvalue weighted by Gasteiger charge is -2.31. The van der Waals surface area contributed by atoms with Crippen LogP contribution >= 0.6 is 23.4 Å². The smallest absolute Gasteiger partial charge is 0.242 e. The summed E-state index contributed by atoms with van der Waals surface area (Å²) in [5.74, 6) is -0.396. The van der Waals surface area contributed by atoms with Gasteiger partial charge < -0.3 is 10.2 Å².